The van der Waals surface area contributed by atoms with Crippen LogP contribution >= 0.6 is 0 Å². The molecule has 0 spiro atoms. The molecule has 1 N–H and O–H groups in total. The molecule has 1 saturated heterocycles. The van der Waals surface area contributed by atoms with Gasteiger partial charge in [0.05, 0.1) is 18.1 Å². The van der Waals surface area contributed by atoms with Gasteiger partial charge in [-0.25, -0.2) is 12.8 Å². The van der Waals surface area contributed by atoms with Gasteiger partial charge >= 0.3 is 5.97 Å². The molecule has 0 saturated carbocycles. The van der Waals surface area contributed by atoms with Crippen LogP contribution in [-0.4, -0.2) is 49.6 Å². The molecule has 1 fully saturated rings. The van der Waals surface area contributed by atoms with E-state index in [4.69, 9.17) is 0 Å². The van der Waals surface area contributed by atoms with Crippen molar-refractivity contribution in [3.63, 3.8) is 0 Å². The van der Waals surface area contributed by atoms with E-state index in [0.29, 0.717) is 5.56 Å². The van der Waals surface area contributed by atoms with Gasteiger partial charge in [-0.1, -0.05) is 6.07 Å². The van der Waals surface area contributed by atoms with Crippen LogP contribution in [0.1, 0.15) is 12.0 Å². The topological polar surface area (TPSA) is 83.9 Å². The first-order chi connectivity index (χ1) is 9.77. The first kappa shape index (κ1) is 15.9. The molecule has 1 aromatic rings. The number of sulfonamides is 1. The van der Waals surface area contributed by atoms with E-state index in [1.807, 2.05) is 0 Å². The van der Waals surface area contributed by atoms with Gasteiger partial charge in [-0.05, 0) is 24.6 Å². The molecule has 0 bridgehead atoms. The highest BCUT2D eigenvalue weighted by atomic mass is 32.2. The Morgan fingerprint density at radius 1 is 1.48 bits per heavy atom. The Hall–Kier alpha value is -1.51. The van der Waals surface area contributed by atoms with E-state index in [2.05, 4.69) is 4.74 Å². The Bertz CT molecular complexity index is 661. The summed E-state index contributed by atoms with van der Waals surface area (Å²) in [6.07, 6.45) is -1.00. The average molecular weight is 317 g/mol. The molecule has 2 rings (SSSR count). The summed E-state index contributed by atoms with van der Waals surface area (Å²) in [6, 6.07) is 2.31. The summed E-state index contributed by atoms with van der Waals surface area (Å²) in [5.74, 6) is -1.43. The van der Waals surface area contributed by atoms with Crippen molar-refractivity contribution in [3.05, 3.63) is 29.6 Å². The number of halogens is 1. The molecular weight excluding hydrogens is 301 g/mol. The van der Waals surface area contributed by atoms with Gasteiger partial charge in [0.15, 0.2) is 0 Å². The third-order valence-corrected chi connectivity index (χ3v) is 5.46. The van der Waals surface area contributed by atoms with Crippen LogP contribution in [0.2, 0.25) is 0 Å². The number of ether oxygens (including phenoxy) is 1. The minimum absolute atomic E-state index is 0.0414. The number of aliphatic hydroxyl groups is 1. The van der Waals surface area contributed by atoms with E-state index >= 15 is 0 Å². The van der Waals surface area contributed by atoms with Crippen LogP contribution in [0.4, 0.5) is 4.39 Å². The average Bonchev–Trinajstić information content (AvgIpc) is 2.83. The molecule has 0 aliphatic carbocycles. The number of carbonyl (C=O) groups is 1. The molecule has 1 aromatic carbocycles. The fourth-order valence-corrected chi connectivity index (χ4v) is 4.24. The number of nitrogens with zero attached hydrogens (tertiary/aromatic N) is 1. The number of hydrogen-bond acceptors (Lipinski definition) is 5. The van der Waals surface area contributed by atoms with Crippen LogP contribution < -0.4 is 0 Å². The lowest BCUT2D eigenvalue weighted by molar-refractivity contribution is -0.144. The highest BCUT2D eigenvalue weighted by molar-refractivity contribution is 7.89. The Morgan fingerprint density at radius 2 is 2.14 bits per heavy atom. The van der Waals surface area contributed by atoms with E-state index in [1.54, 1.807) is 0 Å². The number of esters is 1. The number of methoxy groups -OCH3 is 1. The van der Waals surface area contributed by atoms with Crippen LogP contribution in [0.3, 0.4) is 0 Å². The maximum Gasteiger partial charge on any atom is 0.324 e. The van der Waals surface area contributed by atoms with E-state index in [9.17, 15) is 22.7 Å². The Morgan fingerprint density at radius 3 is 2.76 bits per heavy atom. The van der Waals surface area contributed by atoms with Crippen molar-refractivity contribution < 1.29 is 27.4 Å². The molecule has 2 atom stereocenters. The minimum Gasteiger partial charge on any atom is -0.468 e. The first-order valence-electron chi connectivity index (χ1n) is 6.31. The Balaban J connectivity index is 2.47. The molecule has 2 unspecified atom stereocenters. The molecule has 1 heterocycles. The predicted octanol–water partition coefficient (Wildman–Crippen LogP) is 0.431. The Kier molecular flexibility index (Phi) is 4.31. The highest BCUT2D eigenvalue weighted by Gasteiger charge is 2.44. The second-order valence-corrected chi connectivity index (χ2v) is 6.77. The summed E-state index contributed by atoms with van der Waals surface area (Å²) in [5.41, 5.74) is 0.362. The highest BCUT2D eigenvalue weighted by Crippen LogP contribution is 2.29. The summed E-state index contributed by atoms with van der Waals surface area (Å²) in [5, 5.41) is 9.66. The number of aryl methyl sites for hydroxylation is 1. The zero-order chi connectivity index (χ0) is 15.8. The van der Waals surface area contributed by atoms with Gasteiger partial charge in [0, 0.05) is 13.0 Å². The van der Waals surface area contributed by atoms with Crippen LogP contribution in [0.5, 0.6) is 0 Å². The molecule has 6 nitrogen and oxygen atoms in total. The van der Waals surface area contributed by atoms with Crippen LogP contribution in [0.25, 0.3) is 0 Å². The fraction of sp³-hybridized carbons (Fsp3) is 0.462. The molecule has 0 aromatic heterocycles. The minimum atomic E-state index is -4.10. The summed E-state index contributed by atoms with van der Waals surface area (Å²) >= 11 is 0. The smallest absolute Gasteiger partial charge is 0.324 e. The zero-order valence-corrected chi connectivity index (χ0v) is 12.4. The van der Waals surface area contributed by atoms with Crippen LogP contribution in [0, 0.1) is 12.7 Å². The third-order valence-electron chi connectivity index (χ3n) is 3.44. The van der Waals surface area contributed by atoms with Crippen LogP contribution in [-0.2, 0) is 19.6 Å². The second-order valence-electron chi connectivity index (χ2n) is 4.91. The van der Waals surface area contributed by atoms with Gasteiger partial charge in [-0.3, -0.25) is 4.79 Å². The quantitative estimate of drug-likeness (QED) is 0.818. The number of aliphatic hydroxyl groups excluding tert-OH is 1. The standard InChI is InChI=1S/C13H16FNO5S/c1-8-3-4-9(14)5-12(8)21(18,19)15-7-10(16)6-11(15)13(17)20-2/h3-5,10-11,16H,6-7H2,1-2H3. The largest absolute Gasteiger partial charge is 0.468 e. The van der Waals surface area contributed by atoms with Crippen LogP contribution in [0.15, 0.2) is 23.1 Å². The Labute approximate surface area is 122 Å². The molecular formula is C13H16FNO5S. The van der Waals surface area contributed by atoms with Crippen molar-refractivity contribution in [3.8, 4) is 0 Å². The molecule has 1 aliphatic rings. The molecule has 0 radical (unpaired) electrons. The van der Waals surface area contributed by atoms with Crippen molar-refractivity contribution in [2.24, 2.45) is 0 Å². The maximum absolute atomic E-state index is 13.3. The van der Waals surface area contributed by atoms with Crippen molar-refractivity contribution in [2.75, 3.05) is 13.7 Å². The van der Waals surface area contributed by atoms with E-state index in [0.717, 1.165) is 23.5 Å². The van der Waals surface area contributed by atoms with E-state index in [-0.39, 0.29) is 17.9 Å². The van der Waals surface area contributed by atoms with Crippen molar-refractivity contribution in [2.45, 2.75) is 30.4 Å². The summed E-state index contributed by atoms with van der Waals surface area (Å²) < 4.78 is 44.0. The lowest BCUT2D eigenvalue weighted by atomic mass is 10.2. The van der Waals surface area contributed by atoms with E-state index < -0.39 is 34.0 Å². The zero-order valence-electron chi connectivity index (χ0n) is 11.6. The fourth-order valence-electron chi connectivity index (χ4n) is 2.38. The number of carbonyl (C=O) groups excluding carboxylic acids is 1. The van der Waals surface area contributed by atoms with Gasteiger partial charge in [0.2, 0.25) is 10.0 Å². The number of benzene rings is 1. The lowest BCUT2D eigenvalue weighted by Gasteiger charge is -2.22. The van der Waals surface area contributed by atoms with Crippen molar-refractivity contribution in [1.82, 2.24) is 4.31 Å². The summed E-state index contributed by atoms with van der Waals surface area (Å²) in [7, 11) is -2.95. The van der Waals surface area contributed by atoms with Gasteiger partial charge in [-0.2, -0.15) is 4.31 Å². The summed E-state index contributed by atoms with van der Waals surface area (Å²) in [6.45, 7) is 1.31. The number of hydrogen-bond donors (Lipinski definition) is 1. The first-order valence-corrected chi connectivity index (χ1v) is 7.75. The second kappa shape index (κ2) is 5.70. The van der Waals surface area contributed by atoms with E-state index in [1.165, 1.54) is 13.0 Å². The van der Waals surface area contributed by atoms with Crippen molar-refractivity contribution in [1.29, 1.82) is 0 Å². The molecule has 0 amide bonds. The molecule has 8 heteroatoms. The number of rotatable bonds is 3. The molecule has 116 valence electrons. The normalized spacial score (nSPS) is 23.2. The van der Waals surface area contributed by atoms with Gasteiger partial charge < -0.3 is 9.84 Å². The van der Waals surface area contributed by atoms with Crippen molar-refractivity contribution >= 4 is 16.0 Å². The summed E-state index contributed by atoms with van der Waals surface area (Å²) in [4.78, 5) is 11.5. The maximum atomic E-state index is 13.3. The lowest BCUT2D eigenvalue weighted by Crippen LogP contribution is -2.41. The molecule has 21 heavy (non-hydrogen) atoms. The predicted molar refractivity (Wildman–Crippen MR) is 71.5 cm³/mol. The SMILES string of the molecule is COC(=O)C1CC(O)CN1S(=O)(=O)c1cc(F)ccc1C. The van der Waals surface area contributed by atoms with Gasteiger partial charge in [0.1, 0.15) is 11.9 Å². The molecule has 1 aliphatic heterocycles. The number of β-amino-alcohol motifs (C(OH)–C–C–N with tert-alkyl or cyclic N) is 1. The monoisotopic (exact) mass is 317 g/mol. The van der Waals surface area contributed by atoms with Gasteiger partial charge in [0.25, 0.3) is 0 Å². The van der Waals surface area contributed by atoms with Gasteiger partial charge in [-0.15, -0.1) is 0 Å². The third kappa shape index (κ3) is 2.92.